The molecule has 3 aromatic heterocycles. The first kappa shape index (κ1) is 34.4. The van der Waals surface area contributed by atoms with Gasteiger partial charge in [-0.15, -0.1) is 0 Å². The number of rotatable bonds is 7. The van der Waals surface area contributed by atoms with Gasteiger partial charge in [-0.25, -0.2) is 14.4 Å². The highest BCUT2D eigenvalue weighted by Gasteiger charge is 2.57. The van der Waals surface area contributed by atoms with Gasteiger partial charge in [-0.2, -0.15) is 0 Å². The monoisotopic (exact) mass is 720 g/mol. The van der Waals surface area contributed by atoms with Crippen molar-refractivity contribution in [1.82, 2.24) is 29.3 Å². The van der Waals surface area contributed by atoms with Gasteiger partial charge >= 0.3 is 0 Å². The molecule has 1 spiro atoms. The van der Waals surface area contributed by atoms with Gasteiger partial charge in [0.1, 0.15) is 11.1 Å². The molecule has 4 aliphatic heterocycles. The number of halogens is 1. The van der Waals surface area contributed by atoms with Crippen molar-refractivity contribution in [2.45, 2.75) is 102 Å². The Labute approximate surface area is 309 Å². The van der Waals surface area contributed by atoms with E-state index in [1.165, 1.54) is 12.6 Å². The molecule has 9 rings (SSSR count). The van der Waals surface area contributed by atoms with E-state index >= 15 is 0 Å². The summed E-state index contributed by atoms with van der Waals surface area (Å²) in [6, 6.07) is 10.6. The lowest BCUT2D eigenvalue weighted by Gasteiger charge is -2.47. The van der Waals surface area contributed by atoms with Crippen LogP contribution in [-0.2, 0) is 19.7 Å². The minimum atomic E-state index is -0.746. The number of pyridine rings is 2. The highest BCUT2D eigenvalue weighted by Crippen LogP contribution is 2.53. The number of carbonyl (C=O) groups excluding carboxylic acids is 2. The van der Waals surface area contributed by atoms with Crippen LogP contribution in [-0.4, -0.2) is 91.6 Å². The van der Waals surface area contributed by atoms with Crippen molar-refractivity contribution in [3.05, 3.63) is 60.4 Å². The maximum absolute atomic E-state index is 14.9. The maximum atomic E-state index is 14.9. The number of nitrogens with one attached hydrogen (secondary N) is 1. The predicted octanol–water partition coefficient (Wildman–Crippen LogP) is 6.61. The summed E-state index contributed by atoms with van der Waals surface area (Å²) in [7, 11) is 0. The molecule has 4 fully saturated rings. The molecular weight excluding hydrogens is 672 g/mol. The Balaban J connectivity index is 1.08. The third kappa shape index (κ3) is 5.54. The fraction of sp³-hybridized carbons (Fsp3) is 0.537. The molecule has 3 saturated heterocycles. The average molecular weight is 721 g/mol. The number of aromatic nitrogens is 4. The van der Waals surface area contributed by atoms with Crippen LogP contribution >= 0.6 is 0 Å². The van der Waals surface area contributed by atoms with E-state index in [9.17, 15) is 14.0 Å². The van der Waals surface area contributed by atoms with E-state index in [1.807, 2.05) is 22.5 Å². The fourth-order valence-electron chi connectivity index (χ4n) is 9.42. The summed E-state index contributed by atoms with van der Waals surface area (Å²) in [4.78, 5) is 48.7. The van der Waals surface area contributed by atoms with Gasteiger partial charge in [0.2, 0.25) is 5.91 Å². The number of carbonyl (C=O) groups is 2. The summed E-state index contributed by atoms with van der Waals surface area (Å²) in [5, 5.41) is 3.23. The molecule has 0 radical (unpaired) electrons. The maximum Gasteiger partial charge on any atom is 0.254 e. The molecule has 12 heteroatoms. The molecular formula is C41H49FN8O3. The van der Waals surface area contributed by atoms with Gasteiger partial charge in [-0.3, -0.25) is 19.5 Å². The molecule has 11 nitrogen and oxygen atoms in total. The Hall–Kier alpha value is -4.42. The summed E-state index contributed by atoms with van der Waals surface area (Å²) < 4.78 is 22.6. The first-order chi connectivity index (χ1) is 25.4. The molecule has 1 aromatic carbocycles. The number of piperidine rings is 1. The SMILES string of the molecule is CC(C)n1cnc2cc(-c3ccc4c(c3)N([C@H]3C[C@@H](N5CCC(C)(C)C5)C3)C(=O)C43CCN(C(=O)C4(C)CCO4)CC3)nc(Nc3ccncc3F)c21. The van der Waals surface area contributed by atoms with E-state index < -0.39 is 16.8 Å². The fourth-order valence-corrected chi connectivity index (χ4v) is 9.42. The minimum Gasteiger partial charge on any atom is -0.365 e. The Morgan fingerprint density at radius 2 is 1.79 bits per heavy atom. The Kier molecular flexibility index (Phi) is 7.98. The smallest absolute Gasteiger partial charge is 0.254 e. The van der Waals surface area contributed by atoms with Crippen molar-refractivity contribution in [2.75, 3.05) is 43.0 Å². The summed E-state index contributed by atoms with van der Waals surface area (Å²) in [6.45, 7) is 14.6. The highest BCUT2D eigenvalue weighted by molar-refractivity contribution is 6.09. The Morgan fingerprint density at radius 1 is 1.02 bits per heavy atom. The molecule has 5 aliphatic rings. The van der Waals surface area contributed by atoms with Crippen LogP contribution in [0.1, 0.15) is 84.7 Å². The van der Waals surface area contributed by atoms with Crippen LogP contribution in [0, 0.1) is 11.2 Å². The van der Waals surface area contributed by atoms with Gasteiger partial charge in [0.25, 0.3) is 5.91 Å². The summed E-state index contributed by atoms with van der Waals surface area (Å²) in [6.07, 6.45) is 9.51. The first-order valence-corrected chi connectivity index (χ1v) is 19.3. The molecule has 0 bridgehead atoms. The predicted molar refractivity (Wildman–Crippen MR) is 202 cm³/mol. The average Bonchev–Trinajstić information content (AvgIpc) is 3.77. The first-order valence-electron chi connectivity index (χ1n) is 19.3. The number of ether oxygens (including phenoxy) is 1. The zero-order valence-electron chi connectivity index (χ0n) is 31.4. The molecule has 2 amide bonds. The zero-order valence-corrected chi connectivity index (χ0v) is 31.4. The molecule has 1 unspecified atom stereocenters. The zero-order chi connectivity index (χ0) is 36.9. The van der Waals surface area contributed by atoms with Gasteiger partial charge < -0.3 is 24.4 Å². The van der Waals surface area contributed by atoms with E-state index in [4.69, 9.17) is 14.7 Å². The highest BCUT2D eigenvalue weighted by atomic mass is 19.1. The van der Waals surface area contributed by atoms with Crippen molar-refractivity contribution in [2.24, 2.45) is 5.41 Å². The molecule has 1 saturated carbocycles. The Morgan fingerprint density at radius 3 is 2.45 bits per heavy atom. The number of benzene rings is 1. The van der Waals surface area contributed by atoms with Gasteiger partial charge in [-0.1, -0.05) is 26.0 Å². The number of hydrogen-bond acceptors (Lipinski definition) is 8. The summed E-state index contributed by atoms with van der Waals surface area (Å²) >= 11 is 0. The van der Waals surface area contributed by atoms with Crippen molar-refractivity contribution in [1.29, 1.82) is 0 Å². The Bertz CT molecular complexity index is 2110. The van der Waals surface area contributed by atoms with Gasteiger partial charge in [0, 0.05) is 61.6 Å². The number of nitrogens with zero attached hydrogens (tertiary/aromatic N) is 7. The van der Waals surface area contributed by atoms with Crippen LogP contribution in [0.25, 0.3) is 22.3 Å². The molecule has 278 valence electrons. The van der Waals surface area contributed by atoms with Crippen molar-refractivity contribution >= 4 is 40.0 Å². The lowest BCUT2D eigenvalue weighted by atomic mass is 9.73. The van der Waals surface area contributed by atoms with Gasteiger partial charge in [0.05, 0.1) is 41.4 Å². The topological polar surface area (TPSA) is 109 Å². The molecule has 1 aliphatic carbocycles. The van der Waals surface area contributed by atoms with Crippen molar-refractivity contribution in [3.63, 3.8) is 0 Å². The normalized spacial score (nSPS) is 26.3. The van der Waals surface area contributed by atoms with Crippen LogP contribution in [0.2, 0.25) is 0 Å². The van der Waals surface area contributed by atoms with Crippen LogP contribution < -0.4 is 10.2 Å². The third-order valence-electron chi connectivity index (χ3n) is 12.9. The van der Waals surface area contributed by atoms with E-state index in [1.54, 1.807) is 18.6 Å². The van der Waals surface area contributed by atoms with Crippen LogP contribution in [0.4, 0.5) is 21.6 Å². The van der Waals surface area contributed by atoms with Gasteiger partial charge in [-0.05, 0) is 88.6 Å². The molecule has 1 N–H and O–H groups in total. The van der Waals surface area contributed by atoms with Crippen LogP contribution in [0.3, 0.4) is 0 Å². The second-order valence-corrected chi connectivity index (χ2v) is 17.2. The van der Waals surface area contributed by atoms with Crippen molar-refractivity contribution in [3.8, 4) is 11.3 Å². The lowest BCUT2D eigenvalue weighted by molar-refractivity contribution is -0.183. The molecule has 7 heterocycles. The van der Waals surface area contributed by atoms with E-state index in [0.29, 0.717) is 55.5 Å². The summed E-state index contributed by atoms with van der Waals surface area (Å²) in [5.74, 6) is 0.209. The largest absolute Gasteiger partial charge is 0.365 e. The number of amides is 2. The third-order valence-corrected chi connectivity index (χ3v) is 12.9. The molecule has 4 aromatic rings. The number of anilines is 3. The number of likely N-dealkylation sites (tertiary alicyclic amines) is 2. The van der Waals surface area contributed by atoms with Crippen LogP contribution in [0.5, 0.6) is 0 Å². The lowest BCUT2D eigenvalue weighted by Crippen LogP contribution is -2.60. The number of fused-ring (bicyclic) bond motifs is 3. The summed E-state index contributed by atoms with van der Waals surface area (Å²) in [5.41, 5.74) is 4.20. The number of hydrogen-bond donors (Lipinski definition) is 1. The van der Waals surface area contributed by atoms with Gasteiger partial charge in [0.15, 0.2) is 11.6 Å². The standard InChI is InChI=1S/C41H49FN8O3/c1-25(2)49-24-44-33-21-32(46-36(35(33)49)45-31-8-13-43-22-30(31)42)26-6-7-29-34(18-26)50(28-19-27(20-28)48-14-9-39(3,4)23-48)38(52)41(29)10-15-47(16-11-41)37(51)40(5)12-17-53-40/h6-8,13,18,21-22,24-25,27-28H,9-12,14-17,19-20,23H2,1-5H3,(H,43,45,46)/t27-,28+,40?. The van der Waals surface area contributed by atoms with E-state index in [2.05, 4.69) is 66.0 Å². The molecule has 1 atom stereocenters. The molecule has 53 heavy (non-hydrogen) atoms. The second kappa shape index (κ2) is 12.3. The minimum absolute atomic E-state index is 0.0317. The van der Waals surface area contributed by atoms with Crippen LogP contribution in [0.15, 0.2) is 49.1 Å². The number of imidazole rings is 1. The van der Waals surface area contributed by atoms with Crippen molar-refractivity contribution < 1.29 is 18.7 Å². The second-order valence-electron chi connectivity index (χ2n) is 17.2. The van der Waals surface area contributed by atoms with E-state index in [0.717, 1.165) is 60.2 Å². The quantitative estimate of drug-likeness (QED) is 0.228. The van der Waals surface area contributed by atoms with E-state index in [-0.39, 0.29) is 29.6 Å².